The predicted molar refractivity (Wildman–Crippen MR) is 95.2 cm³/mol. The Balaban J connectivity index is 1.54. The molecule has 25 heavy (non-hydrogen) atoms. The average Bonchev–Trinajstić information content (AvgIpc) is 3.27. The lowest BCUT2D eigenvalue weighted by molar-refractivity contribution is -0.126. The number of hydrogen-bond donors (Lipinski definition) is 1. The zero-order chi connectivity index (χ0) is 17.2. The van der Waals surface area contributed by atoms with Crippen LogP contribution < -0.4 is 0 Å². The highest BCUT2D eigenvalue weighted by Gasteiger charge is 2.30. The Morgan fingerprint density at radius 3 is 2.80 bits per heavy atom. The van der Waals surface area contributed by atoms with Gasteiger partial charge in [0, 0.05) is 12.6 Å². The molecule has 2 aromatic carbocycles. The highest BCUT2D eigenvalue weighted by atomic mass is 19.1. The molecule has 0 saturated carbocycles. The number of amides is 1. The van der Waals surface area contributed by atoms with Crippen molar-refractivity contribution >= 4 is 23.0 Å². The van der Waals surface area contributed by atoms with E-state index in [1.54, 1.807) is 24.3 Å². The Hall–Kier alpha value is -2.95. The quantitative estimate of drug-likeness (QED) is 0.733. The van der Waals surface area contributed by atoms with Crippen molar-refractivity contribution in [3.8, 4) is 0 Å². The fourth-order valence-electron chi connectivity index (χ4n) is 3.28. The molecule has 5 heteroatoms. The van der Waals surface area contributed by atoms with Crippen LogP contribution in [-0.2, 0) is 4.79 Å². The standard InChI is InChI=1S/C20H18FN3O/c21-15-10-7-14(8-11-15)9-12-19(25)24-13-3-6-18(24)20-22-16-4-1-2-5-17(16)23-20/h1-2,4-5,7-12,18H,3,6,13H2,(H,22,23)/b12-9+. The van der Waals surface area contributed by atoms with Gasteiger partial charge in [-0.3, -0.25) is 4.79 Å². The number of para-hydroxylation sites is 2. The summed E-state index contributed by atoms with van der Waals surface area (Å²) in [6.45, 7) is 0.717. The van der Waals surface area contributed by atoms with Gasteiger partial charge in [0.1, 0.15) is 11.6 Å². The number of aromatic nitrogens is 2. The molecule has 1 fully saturated rings. The minimum absolute atomic E-state index is 0.0298. The van der Waals surface area contributed by atoms with Crippen molar-refractivity contribution in [3.63, 3.8) is 0 Å². The van der Waals surface area contributed by atoms with Crippen molar-refractivity contribution in [1.29, 1.82) is 0 Å². The Bertz CT molecular complexity index is 897. The van der Waals surface area contributed by atoms with Crippen LogP contribution in [0.4, 0.5) is 4.39 Å². The van der Waals surface area contributed by atoms with Gasteiger partial charge in [0.15, 0.2) is 0 Å². The van der Waals surface area contributed by atoms with Crippen LogP contribution in [-0.4, -0.2) is 27.3 Å². The first-order valence-electron chi connectivity index (χ1n) is 8.39. The van der Waals surface area contributed by atoms with Crippen LogP contribution in [0.1, 0.15) is 30.3 Å². The molecule has 4 rings (SSSR count). The lowest BCUT2D eigenvalue weighted by Crippen LogP contribution is -2.29. The summed E-state index contributed by atoms with van der Waals surface area (Å²) in [4.78, 5) is 22.4. The summed E-state index contributed by atoms with van der Waals surface area (Å²) in [6, 6.07) is 13.9. The molecule has 3 aromatic rings. The topological polar surface area (TPSA) is 49.0 Å². The number of nitrogens with one attached hydrogen (secondary N) is 1. The van der Waals surface area contributed by atoms with Crippen LogP contribution in [0.5, 0.6) is 0 Å². The number of H-pyrrole nitrogens is 1. The monoisotopic (exact) mass is 335 g/mol. The van der Waals surface area contributed by atoms with Crippen molar-refractivity contribution < 1.29 is 9.18 Å². The van der Waals surface area contributed by atoms with E-state index in [0.29, 0.717) is 6.54 Å². The minimum atomic E-state index is -0.284. The van der Waals surface area contributed by atoms with Gasteiger partial charge >= 0.3 is 0 Å². The zero-order valence-electron chi connectivity index (χ0n) is 13.7. The second-order valence-electron chi connectivity index (χ2n) is 6.21. The number of halogens is 1. The van der Waals surface area contributed by atoms with Gasteiger partial charge in [-0.15, -0.1) is 0 Å². The molecule has 2 heterocycles. The second kappa shape index (κ2) is 6.51. The molecule has 1 amide bonds. The number of nitrogens with zero attached hydrogens (tertiary/aromatic N) is 2. The first kappa shape index (κ1) is 15.6. The van der Waals surface area contributed by atoms with Gasteiger partial charge in [0.2, 0.25) is 5.91 Å². The molecule has 0 aliphatic carbocycles. The van der Waals surface area contributed by atoms with Gasteiger partial charge in [-0.2, -0.15) is 0 Å². The normalized spacial score (nSPS) is 17.6. The maximum absolute atomic E-state index is 12.9. The molecule has 0 radical (unpaired) electrons. The highest BCUT2D eigenvalue weighted by Crippen LogP contribution is 2.31. The third-order valence-electron chi connectivity index (χ3n) is 4.55. The largest absolute Gasteiger partial charge is 0.340 e. The maximum Gasteiger partial charge on any atom is 0.247 e. The van der Waals surface area contributed by atoms with Crippen LogP contribution in [0.15, 0.2) is 54.6 Å². The summed E-state index contributed by atoms with van der Waals surface area (Å²) in [5, 5.41) is 0. The molecule has 1 aliphatic rings. The summed E-state index contributed by atoms with van der Waals surface area (Å²) in [5.41, 5.74) is 2.70. The lowest BCUT2D eigenvalue weighted by Gasteiger charge is -2.21. The molecule has 1 unspecified atom stereocenters. The van der Waals surface area contributed by atoms with E-state index in [4.69, 9.17) is 0 Å². The predicted octanol–water partition coefficient (Wildman–Crippen LogP) is 4.08. The van der Waals surface area contributed by atoms with Crippen LogP contribution >= 0.6 is 0 Å². The zero-order valence-corrected chi connectivity index (χ0v) is 13.7. The smallest absolute Gasteiger partial charge is 0.247 e. The van der Waals surface area contributed by atoms with E-state index in [-0.39, 0.29) is 17.8 Å². The number of rotatable bonds is 3. The van der Waals surface area contributed by atoms with Gasteiger partial charge in [0.25, 0.3) is 0 Å². The second-order valence-corrected chi connectivity index (χ2v) is 6.21. The van der Waals surface area contributed by atoms with Crippen LogP contribution in [0, 0.1) is 5.82 Å². The Labute approximate surface area is 145 Å². The SMILES string of the molecule is O=C(/C=C/c1ccc(F)cc1)N1CCCC1c1nc2ccccc2[nH]1. The number of fused-ring (bicyclic) bond motifs is 1. The van der Waals surface area contributed by atoms with E-state index in [9.17, 15) is 9.18 Å². The third-order valence-corrected chi connectivity index (χ3v) is 4.55. The first-order chi connectivity index (χ1) is 12.2. The highest BCUT2D eigenvalue weighted by molar-refractivity contribution is 5.92. The van der Waals surface area contributed by atoms with E-state index in [1.165, 1.54) is 12.1 Å². The Kier molecular flexibility index (Phi) is 4.06. The fraction of sp³-hybridized carbons (Fsp3) is 0.200. The fourth-order valence-corrected chi connectivity index (χ4v) is 3.28. The van der Waals surface area contributed by atoms with E-state index < -0.39 is 0 Å². The molecular weight excluding hydrogens is 317 g/mol. The van der Waals surface area contributed by atoms with Gasteiger partial charge in [-0.25, -0.2) is 9.37 Å². The van der Waals surface area contributed by atoms with Crippen molar-refractivity contribution in [2.24, 2.45) is 0 Å². The molecule has 0 spiro atoms. The lowest BCUT2D eigenvalue weighted by atomic mass is 10.2. The molecule has 1 N–H and O–H groups in total. The van der Waals surface area contributed by atoms with Crippen LogP contribution in [0.25, 0.3) is 17.1 Å². The van der Waals surface area contributed by atoms with Crippen molar-refractivity contribution in [3.05, 3.63) is 71.8 Å². The number of aromatic amines is 1. The van der Waals surface area contributed by atoms with Crippen molar-refractivity contribution in [2.75, 3.05) is 6.54 Å². The molecule has 126 valence electrons. The van der Waals surface area contributed by atoms with Gasteiger partial charge in [0.05, 0.1) is 17.1 Å². The summed E-state index contributed by atoms with van der Waals surface area (Å²) in [7, 11) is 0. The number of hydrogen-bond acceptors (Lipinski definition) is 2. The number of carbonyl (C=O) groups is 1. The van der Waals surface area contributed by atoms with Gasteiger partial charge < -0.3 is 9.88 Å². The van der Waals surface area contributed by atoms with Crippen LogP contribution in [0.3, 0.4) is 0 Å². The molecule has 1 saturated heterocycles. The number of benzene rings is 2. The van der Waals surface area contributed by atoms with E-state index in [1.807, 2.05) is 29.2 Å². The molecule has 1 aliphatic heterocycles. The average molecular weight is 335 g/mol. The van der Waals surface area contributed by atoms with E-state index in [0.717, 1.165) is 35.3 Å². The van der Waals surface area contributed by atoms with E-state index in [2.05, 4.69) is 9.97 Å². The van der Waals surface area contributed by atoms with E-state index >= 15 is 0 Å². The maximum atomic E-state index is 12.9. The number of likely N-dealkylation sites (tertiary alicyclic amines) is 1. The minimum Gasteiger partial charge on any atom is -0.340 e. The van der Waals surface area contributed by atoms with Crippen molar-refractivity contribution in [2.45, 2.75) is 18.9 Å². The van der Waals surface area contributed by atoms with Crippen LogP contribution in [0.2, 0.25) is 0 Å². The number of imidazole rings is 1. The third kappa shape index (κ3) is 3.18. The molecular formula is C20H18FN3O. The molecule has 0 bridgehead atoms. The molecule has 4 nitrogen and oxygen atoms in total. The Morgan fingerprint density at radius 1 is 1.20 bits per heavy atom. The van der Waals surface area contributed by atoms with Gasteiger partial charge in [-0.05, 0) is 48.7 Å². The number of carbonyl (C=O) groups excluding carboxylic acids is 1. The Morgan fingerprint density at radius 2 is 2.00 bits per heavy atom. The van der Waals surface area contributed by atoms with Crippen molar-refractivity contribution in [1.82, 2.24) is 14.9 Å². The summed E-state index contributed by atoms with van der Waals surface area (Å²) >= 11 is 0. The van der Waals surface area contributed by atoms with Gasteiger partial charge in [-0.1, -0.05) is 24.3 Å². The summed E-state index contributed by atoms with van der Waals surface area (Å²) in [6.07, 6.45) is 5.12. The first-order valence-corrected chi connectivity index (χ1v) is 8.39. The molecule has 1 atom stereocenters. The summed E-state index contributed by atoms with van der Waals surface area (Å²) in [5.74, 6) is 0.502. The summed E-state index contributed by atoms with van der Waals surface area (Å²) < 4.78 is 12.9. The molecule has 1 aromatic heterocycles.